The fourth-order valence-electron chi connectivity index (χ4n) is 3.57. The van der Waals surface area contributed by atoms with Crippen molar-refractivity contribution in [2.45, 2.75) is 58.1 Å². The van der Waals surface area contributed by atoms with Gasteiger partial charge in [-0.2, -0.15) is 0 Å². The van der Waals surface area contributed by atoms with Gasteiger partial charge in [-0.25, -0.2) is 8.42 Å². The first-order valence-electron chi connectivity index (χ1n) is 10.5. The van der Waals surface area contributed by atoms with Crippen molar-refractivity contribution in [1.82, 2.24) is 5.32 Å². The Morgan fingerprint density at radius 1 is 1.10 bits per heavy atom. The Bertz CT molecular complexity index is 957. The van der Waals surface area contributed by atoms with Crippen LogP contribution < -0.4 is 14.4 Å². The molecule has 1 amide bonds. The van der Waals surface area contributed by atoms with E-state index >= 15 is 0 Å². The molecule has 170 valence electrons. The van der Waals surface area contributed by atoms with E-state index < -0.39 is 16.1 Å². The molecule has 1 N–H and O–H groups in total. The maximum Gasteiger partial charge on any atom is 0.261 e. The van der Waals surface area contributed by atoms with Crippen LogP contribution in [0.3, 0.4) is 0 Å². The van der Waals surface area contributed by atoms with Crippen molar-refractivity contribution in [1.29, 1.82) is 0 Å². The lowest BCUT2D eigenvalue weighted by molar-refractivity contribution is -0.128. The van der Waals surface area contributed by atoms with Crippen LogP contribution in [0.1, 0.15) is 46.1 Å². The van der Waals surface area contributed by atoms with Crippen LogP contribution in [0, 0.1) is 0 Å². The summed E-state index contributed by atoms with van der Waals surface area (Å²) in [4.78, 5) is 12.8. The Labute approximate surface area is 186 Å². The lowest BCUT2D eigenvalue weighted by Crippen LogP contribution is -2.44. The van der Waals surface area contributed by atoms with Crippen LogP contribution in [0.2, 0.25) is 0 Å². The van der Waals surface area contributed by atoms with Gasteiger partial charge >= 0.3 is 0 Å². The molecule has 0 saturated carbocycles. The van der Waals surface area contributed by atoms with Gasteiger partial charge in [-0.3, -0.25) is 9.10 Å². The third-order valence-electron chi connectivity index (χ3n) is 5.40. The second-order valence-electron chi connectivity index (χ2n) is 8.60. The molecule has 7 heteroatoms. The fourth-order valence-corrected chi connectivity index (χ4v) is 4.08. The van der Waals surface area contributed by atoms with E-state index in [1.165, 1.54) is 16.9 Å². The number of carbonyl (C=O) groups excluding carboxylic acids is 1. The summed E-state index contributed by atoms with van der Waals surface area (Å²) in [7, 11) is -1.84. The van der Waals surface area contributed by atoms with E-state index in [1.807, 2.05) is 32.0 Å². The molecular formula is C24H34N2O4S. The number of ether oxygens (including phenoxy) is 1. The van der Waals surface area contributed by atoms with Crippen LogP contribution in [0.15, 0.2) is 54.6 Å². The number of carbonyl (C=O) groups is 1. The molecule has 31 heavy (non-hydrogen) atoms. The fraction of sp³-hybridized carbons (Fsp3) is 0.458. The van der Waals surface area contributed by atoms with Crippen LogP contribution in [0.25, 0.3) is 0 Å². The number of benzene rings is 2. The molecule has 0 spiro atoms. The summed E-state index contributed by atoms with van der Waals surface area (Å²) in [6.45, 7) is 8.25. The van der Waals surface area contributed by atoms with E-state index in [9.17, 15) is 13.2 Å². The van der Waals surface area contributed by atoms with Gasteiger partial charge in [0.15, 0.2) is 6.10 Å². The Morgan fingerprint density at radius 2 is 1.68 bits per heavy atom. The minimum Gasteiger partial charge on any atom is -0.481 e. The van der Waals surface area contributed by atoms with Gasteiger partial charge in [-0.1, -0.05) is 51.1 Å². The maximum absolute atomic E-state index is 12.8. The highest BCUT2D eigenvalue weighted by molar-refractivity contribution is 7.92. The van der Waals surface area contributed by atoms with Gasteiger partial charge in [0.25, 0.3) is 5.91 Å². The normalized spacial score (nSPS) is 13.9. The minimum absolute atomic E-state index is 0.0221. The summed E-state index contributed by atoms with van der Waals surface area (Å²) in [6, 6.07) is 16.9. The highest BCUT2D eigenvalue weighted by Gasteiger charge is 2.26. The van der Waals surface area contributed by atoms with Crippen molar-refractivity contribution in [3.05, 3.63) is 60.2 Å². The first kappa shape index (κ1) is 24.7. The van der Waals surface area contributed by atoms with Crippen molar-refractivity contribution >= 4 is 21.6 Å². The van der Waals surface area contributed by atoms with Gasteiger partial charge in [0, 0.05) is 13.1 Å². The maximum atomic E-state index is 12.8. The standard InChI is InChI=1S/C24H34N2O4S/c1-7-22(30-21-15-13-20(14-16-21)26(5)31(6,28)29)23(27)25-18(2)17-24(3,4)19-11-9-8-10-12-19/h8-16,18,22H,7,17H2,1-6H3,(H,25,27). The van der Waals surface area contributed by atoms with Crippen molar-refractivity contribution in [2.24, 2.45) is 0 Å². The molecule has 2 aromatic carbocycles. The first-order chi connectivity index (χ1) is 14.4. The first-order valence-corrected chi connectivity index (χ1v) is 12.4. The number of amides is 1. The highest BCUT2D eigenvalue weighted by atomic mass is 32.2. The summed E-state index contributed by atoms with van der Waals surface area (Å²) < 4.78 is 30.4. The van der Waals surface area contributed by atoms with Crippen molar-refractivity contribution < 1.29 is 17.9 Å². The molecule has 2 rings (SSSR count). The Morgan fingerprint density at radius 3 is 2.19 bits per heavy atom. The van der Waals surface area contributed by atoms with Crippen LogP contribution in [0.5, 0.6) is 5.75 Å². The van der Waals surface area contributed by atoms with Crippen LogP contribution in [-0.2, 0) is 20.2 Å². The van der Waals surface area contributed by atoms with Crippen LogP contribution in [-0.4, -0.2) is 39.8 Å². The zero-order chi connectivity index (χ0) is 23.2. The molecule has 0 aliphatic rings. The molecule has 0 aliphatic heterocycles. The van der Waals surface area contributed by atoms with Gasteiger partial charge in [0.1, 0.15) is 5.75 Å². The molecule has 0 saturated heterocycles. The SMILES string of the molecule is CCC(Oc1ccc(N(C)S(C)(=O)=O)cc1)C(=O)NC(C)CC(C)(C)c1ccccc1. The van der Waals surface area contributed by atoms with Gasteiger partial charge in [0.05, 0.1) is 11.9 Å². The molecule has 6 nitrogen and oxygen atoms in total. The average Bonchev–Trinajstić information content (AvgIpc) is 2.71. The van der Waals surface area contributed by atoms with Crippen molar-refractivity contribution in [3.8, 4) is 5.75 Å². The molecule has 0 heterocycles. The Balaban J connectivity index is 1.98. The largest absolute Gasteiger partial charge is 0.481 e. The molecule has 0 fully saturated rings. The summed E-state index contributed by atoms with van der Waals surface area (Å²) in [5.74, 6) is 0.362. The quantitative estimate of drug-likeness (QED) is 0.596. The van der Waals surface area contributed by atoms with E-state index in [4.69, 9.17) is 4.74 Å². The topological polar surface area (TPSA) is 75.7 Å². The van der Waals surface area contributed by atoms with E-state index in [-0.39, 0.29) is 17.4 Å². The molecule has 0 aliphatic carbocycles. The third-order valence-corrected chi connectivity index (χ3v) is 6.61. The summed E-state index contributed by atoms with van der Waals surface area (Å²) in [5, 5.41) is 3.08. The van der Waals surface area contributed by atoms with Crippen LogP contribution in [0.4, 0.5) is 5.69 Å². The van der Waals surface area contributed by atoms with Crippen molar-refractivity contribution in [3.63, 3.8) is 0 Å². The number of sulfonamides is 1. The average molecular weight is 447 g/mol. The molecule has 2 atom stereocenters. The van der Waals surface area contributed by atoms with Crippen LogP contribution >= 0.6 is 0 Å². The zero-order valence-corrected chi connectivity index (χ0v) is 20.1. The molecule has 2 unspecified atom stereocenters. The number of anilines is 1. The number of nitrogens with one attached hydrogen (secondary N) is 1. The van der Waals surface area contributed by atoms with Gasteiger partial charge < -0.3 is 10.1 Å². The number of rotatable bonds is 10. The summed E-state index contributed by atoms with van der Waals surface area (Å²) in [5.41, 5.74) is 1.69. The zero-order valence-electron chi connectivity index (χ0n) is 19.3. The van der Waals surface area contributed by atoms with E-state index in [1.54, 1.807) is 24.3 Å². The smallest absolute Gasteiger partial charge is 0.261 e. The second-order valence-corrected chi connectivity index (χ2v) is 10.6. The Hall–Kier alpha value is -2.54. The molecule has 2 aromatic rings. The lowest BCUT2D eigenvalue weighted by atomic mass is 9.79. The number of hydrogen-bond donors (Lipinski definition) is 1. The van der Waals surface area contributed by atoms with Gasteiger partial charge in [0.2, 0.25) is 10.0 Å². The van der Waals surface area contributed by atoms with E-state index in [2.05, 4.69) is 31.3 Å². The molecular weight excluding hydrogens is 412 g/mol. The van der Waals surface area contributed by atoms with E-state index in [0.717, 1.165) is 12.7 Å². The lowest BCUT2D eigenvalue weighted by Gasteiger charge is -2.30. The third kappa shape index (κ3) is 6.99. The van der Waals surface area contributed by atoms with Crippen molar-refractivity contribution in [2.75, 3.05) is 17.6 Å². The molecule has 0 bridgehead atoms. The monoisotopic (exact) mass is 446 g/mol. The Kier molecular flexibility index (Phi) is 8.12. The molecule has 0 aromatic heterocycles. The summed E-state index contributed by atoms with van der Waals surface area (Å²) >= 11 is 0. The predicted octanol–water partition coefficient (Wildman–Crippen LogP) is 4.11. The summed E-state index contributed by atoms with van der Waals surface area (Å²) in [6.07, 6.45) is 1.84. The number of nitrogens with zero attached hydrogens (tertiary/aromatic N) is 1. The number of hydrogen-bond acceptors (Lipinski definition) is 4. The minimum atomic E-state index is -3.33. The van der Waals surface area contributed by atoms with Gasteiger partial charge in [-0.15, -0.1) is 0 Å². The predicted molar refractivity (Wildman–Crippen MR) is 126 cm³/mol. The highest BCUT2D eigenvalue weighted by Crippen LogP contribution is 2.28. The van der Waals surface area contributed by atoms with E-state index in [0.29, 0.717) is 17.9 Å². The van der Waals surface area contributed by atoms with Gasteiger partial charge in [-0.05, 0) is 55.0 Å². The molecule has 0 radical (unpaired) electrons. The second kappa shape index (κ2) is 10.2.